The van der Waals surface area contributed by atoms with Crippen molar-refractivity contribution in [3.05, 3.63) is 40.2 Å². The van der Waals surface area contributed by atoms with E-state index in [1.807, 2.05) is 19.0 Å². The predicted octanol–water partition coefficient (Wildman–Crippen LogP) is 1.28. The third kappa shape index (κ3) is 5.04. The molecular weight excluding hydrogens is 556 g/mol. The van der Waals surface area contributed by atoms with Crippen molar-refractivity contribution >= 4 is 40.6 Å². The molecule has 1 aromatic rings. The molecule has 4 aliphatic carbocycles. The van der Waals surface area contributed by atoms with Gasteiger partial charge in [-0.1, -0.05) is 19.3 Å². The summed E-state index contributed by atoms with van der Waals surface area (Å²) in [6.45, 7) is 0. The number of aliphatic hydroxyl groups excluding tert-OH is 2. The maximum Gasteiger partial charge on any atom is 0.333 e. The maximum absolute atomic E-state index is 14.1. The van der Waals surface area contributed by atoms with Crippen LogP contribution in [0.5, 0.6) is 0 Å². The normalized spacial score (nSPS) is 27.4. The van der Waals surface area contributed by atoms with Crippen molar-refractivity contribution in [2.75, 3.05) is 38.4 Å². The van der Waals surface area contributed by atoms with Gasteiger partial charge in [-0.15, -0.1) is 0 Å². The molecule has 2 saturated carbocycles. The highest BCUT2D eigenvalue weighted by Crippen LogP contribution is 2.52. The van der Waals surface area contributed by atoms with Crippen LogP contribution in [-0.4, -0.2) is 89.6 Å². The molecule has 2 fully saturated rings. The highest BCUT2D eigenvalue weighted by atomic mass is 16.3. The van der Waals surface area contributed by atoms with Gasteiger partial charge in [0.05, 0.1) is 6.04 Å². The molecule has 0 heterocycles. The number of nitrogens with two attached hydrogens (primary N) is 1. The van der Waals surface area contributed by atoms with Crippen LogP contribution in [0.15, 0.2) is 29.0 Å². The van der Waals surface area contributed by atoms with Gasteiger partial charge in [-0.25, -0.2) is 10.2 Å². The number of anilines is 2. The first kappa shape index (κ1) is 30.5. The van der Waals surface area contributed by atoms with Gasteiger partial charge < -0.3 is 31.3 Å². The number of hydrogen-bond acceptors (Lipinski definition) is 10. The number of ketones is 2. The van der Waals surface area contributed by atoms with Gasteiger partial charge in [-0.05, 0) is 63.4 Å². The van der Waals surface area contributed by atoms with Crippen LogP contribution in [0.25, 0.3) is 5.76 Å². The summed E-state index contributed by atoms with van der Waals surface area (Å²) < 4.78 is 0. The van der Waals surface area contributed by atoms with E-state index in [-0.39, 0.29) is 30.0 Å². The molecule has 8 N–H and O–H groups in total. The SMILES string of the molecule is CN(C)c1cc(NC(=O)NNC2CCCCC2)cc2c1CC1CC3[C@H](N(C)C)C(=O)C(C(N)=O)=C(O)[C@@]3(O)C(=O)C1=C2O. The van der Waals surface area contributed by atoms with Crippen LogP contribution in [0.1, 0.15) is 49.7 Å². The Morgan fingerprint density at radius 3 is 2.33 bits per heavy atom. The highest BCUT2D eigenvalue weighted by Gasteiger charge is 2.64. The number of primary amides is 1. The van der Waals surface area contributed by atoms with Crippen molar-refractivity contribution in [2.24, 2.45) is 17.6 Å². The Balaban J connectivity index is 1.54. The van der Waals surface area contributed by atoms with Crippen molar-refractivity contribution in [1.82, 2.24) is 15.8 Å². The van der Waals surface area contributed by atoms with Crippen molar-refractivity contribution in [2.45, 2.75) is 62.6 Å². The molecule has 2 unspecified atom stereocenters. The summed E-state index contributed by atoms with van der Waals surface area (Å²) in [4.78, 5) is 55.6. The lowest BCUT2D eigenvalue weighted by atomic mass is 9.57. The number of fused-ring (bicyclic) bond motifs is 3. The number of hydrazine groups is 1. The molecule has 3 amide bonds. The van der Waals surface area contributed by atoms with E-state index in [4.69, 9.17) is 5.73 Å². The van der Waals surface area contributed by atoms with E-state index in [2.05, 4.69) is 16.2 Å². The molecule has 0 aliphatic heterocycles. The number of likely N-dealkylation sites (N-methyl/N-ethyl adjacent to an activating group) is 1. The average molecular weight is 597 g/mol. The number of benzene rings is 1. The van der Waals surface area contributed by atoms with Gasteiger partial charge in [0, 0.05) is 48.6 Å². The zero-order chi connectivity index (χ0) is 31.4. The molecule has 43 heavy (non-hydrogen) atoms. The number of hydrogen-bond donors (Lipinski definition) is 7. The number of urea groups is 1. The molecule has 0 radical (unpaired) electrons. The van der Waals surface area contributed by atoms with Gasteiger partial charge in [0.15, 0.2) is 11.4 Å². The minimum absolute atomic E-state index is 0.0634. The molecule has 0 saturated heterocycles. The fourth-order valence-corrected chi connectivity index (χ4v) is 7.27. The fraction of sp³-hybridized carbons (Fsp3) is 0.533. The van der Waals surface area contributed by atoms with Crippen LogP contribution in [-0.2, 0) is 20.8 Å². The van der Waals surface area contributed by atoms with E-state index < -0.39 is 64.1 Å². The number of carbonyl (C=O) groups excluding carboxylic acids is 4. The van der Waals surface area contributed by atoms with Crippen molar-refractivity contribution < 1.29 is 34.5 Å². The summed E-state index contributed by atoms with van der Waals surface area (Å²) in [5, 5.41) is 37.2. The van der Waals surface area contributed by atoms with Crippen molar-refractivity contribution in [1.29, 1.82) is 0 Å². The molecule has 4 aliphatic rings. The number of aliphatic hydroxyl groups is 3. The first-order chi connectivity index (χ1) is 20.3. The Kier molecular flexibility index (Phi) is 8.01. The highest BCUT2D eigenvalue weighted by molar-refractivity contribution is 6.24. The molecular formula is C30H40N6O7. The van der Waals surface area contributed by atoms with Gasteiger partial charge in [0.2, 0.25) is 5.78 Å². The largest absolute Gasteiger partial charge is 0.508 e. The molecule has 13 heteroatoms. The van der Waals surface area contributed by atoms with E-state index in [0.29, 0.717) is 11.4 Å². The standard InChI is InChI=1S/C30H40N6O7/c1-35(2)20-13-16(32-29(42)34-33-15-8-6-5-7-9-15)12-18-17(20)10-14-11-19-23(36(3)4)25(38)22(28(31)41)27(40)30(19,43)26(39)21(14)24(18)37/h12-15,19,23,33,37,40,43H,5-11H2,1-4H3,(H2,31,41)(H2,32,34,42)/t14?,19?,23-,30-/m0/s1. The predicted molar refractivity (Wildman–Crippen MR) is 159 cm³/mol. The monoisotopic (exact) mass is 596 g/mol. The van der Waals surface area contributed by atoms with E-state index in [0.717, 1.165) is 31.2 Å². The fourth-order valence-electron chi connectivity index (χ4n) is 7.27. The third-order valence-corrected chi connectivity index (χ3v) is 9.29. The van der Waals surface area contributed by atoms with Crippen LogP contribution in [0.3, 0.4) is 0 Å². The second-order valence-corrected chi connectivity index (χ2v) is 12.4. The molecule has 0 bridgehead atoms. The second-order valence-electron chi connectivity index (χ2n) is 12.4. The van der Waals surface area contributed by atoms with Gasteiger partial charge >= 0.3 is 6.03 Å². The molecule has 232 valence electrons. The summed E-state index contributed by atoms with van der Waals surface area (Å²) in [7, 11) is 6.79. The number of carbonyl (C=O) groups is 4. The number of amides is 3. The molecule has 13 nitrogen and oxygen atoms in total. The number of nitrogens with one attached hydrogen (secondary N) is 3. The van der Waals surface area contributed by atoms with E-state index in [1.54, 1.807) is 26.2 Å². The lowest BCUT2D eigenvalue weighted by Gasteiger charge is -2.50. The van der Waals surface area contributed by atoms with Gasteiger partial charge in [-0.3, -0.25) is 24.7 Å². The Morgan fingerprint density at radius 2 is 1.72 bits per heavy atom. The number of rotatable bonds is 6. The van der Waals surface area contributed by atoms with Crippen LogP contribution in [0.2, 0.25) is 0 Å². The Morgan fingerprint density at radius 1 is 1.05 bits per heavy atom. The van der Waals surface area contributed by atoms with Crippen molar-refractivity contribution in [3.63, 3.8) is 0 Å². The van der Waals surface area contributed by atoms with E-state index in [1.165, 1.54) is 11.3 Å². The summed E-state index contributed by atoms with van der Waals surface area (Å²) in [6.07, 6.45) is 5.69. The first-order valence-corrected chi connectivity index (χ1v) is 14.6. The topological polar surface area (TPSA) is 198 Å². The van der Waals surface area contributed by atoms with Gasteiger partial charge in [-0.2, -0.15) is 0 Å². The maximum atomic E-state index is 14.1. The Hall–Kier alpha value is -3.94. The molecule has 4 atom stereocenters. The molecule has 5 rings (SSSR count). The van der Waals surface area contributed by atoms with Crippen LogP contribution in [0, 0.1) is 11.8 Å². The summed E-state index contributed by atoms with van der Waals surface area (Å²) >= 11 is 0. The summed E-state index contributed by atoms with van der Waals surface area (Å²) in [5.41, 5.74) is 9.65. The molecule has 0 aromatic heterocycles. The van der Waals surface area contributed by atoms with E-state index >= 15 is 0 Å². The van der Waals surface area contributed by atoms with Crippen LogP contribution < -0.4 is 26.8 Å². The molecule has 0 spiro atoms. The lowest BCUT2D eigenvalue weighted by molar-refractivity contribution is -0.153. The quantitative estimate of drug-likeness (QED) is 0.186. The smallest absolute Gasteiger partial charge is 0.333 e. The second kappa shape index (κ2) is 11.3. The number of nitrogens with zero attached hydrogens (tertiary/aromatic N) is 2. The molecule has 1 aromatic carbocycles. The minimum atomic E-state index is -2.64. The Labute approximate surface area is 249 Å². The van der Waals surface area contributed by atoms with E-state index in [9.17, 15) is 34.5 Å². The average Bonchev–Trinajstić information content (AvgIpc) is 2.94. The van der Waals surface area contributed by atoms with Gasteiger partial charge in [0.1, 0.15) is 17.1 Å². The minimum Gasteiger partial charge on any atom is -0.508 e. The van der Waals surface area contributed by atoms with Crippen LogP contribution >= 0.6 is 0 Å². The van der Waals surface area contributed by atoms with Gasteiger partial charge in [0.25, 0.3) is 5.91 Å². The zero-order valence-corrected chi connectivity index (χ0v) is 24.9. The van der Waals surface area contributed by atoms with Crippen LogP contribution in [0.4, 0.5) is 16.2 Å². The third-order valence-electron chi connectivity index (χ3n) is 9.29. The zero-order valence-electron chi connectivity index (χ0n) is 24.9. The lowest BCUT2D eigenvalue weighted by Crippen LogP contribution is -2.65. The number of Topliss-reactive ketones (excluding diaryl/α,β-unsaturated/α-hetero) is 2. The van der Waals surface area contributed by atoms with Crippen molar-refractivity contribution in [3.8, 4) is 0 Å². The summed E-state index contributed by atoms with van der Waals surface area (Å²) in [5.74, 6) is -6.21. The summed E-state index contributed by atoms with van der Waals surface area (Å²) in [6, 6.07) is 1.93. The first-order valence-electron chi connectivity index (χ1n) is 14.6. The Bertz CT molecular complexity index is 1440.